The van der Waals surface area contributed by atoms with Gasteiger partial charge in [-0.2, -0.15) is 5.10 Å². The number of para-hydroxylation sites is 1. The molecular formula is C16H18ClN3O3. The summed E-state index contributed by atoms with van der Waals surface area (Å²) in [5.74, 6) is -1.01. The van der Waals surface area contributed by atoms with Crippen LogP contribution >= 0.6 is 11.6 Å². The number of benzene rings is 1. The highest BCUT2D eigenvalue weighted by atomic mass is 35.5. The average molecular weight is 336 g/mol. The molecule has 0 saturated heterocycles. The summed E-state index contributed by atoms with van der Waals surface area (Å²) in [6.45, 7) is 3.81. The van der Waals surface area contributed by atoms with Crippen LogP contribution in [-0.4, -0.2) is 34.8 Å². The van der Waals surface area contributed by atoms with E-state index in [0.717, 1.165) is 12.1 Å². The molecule has 2 rings (SSSR count). The molecule has 1 aromatic carbocycles. The van der Waals surface area contributed by atoms with Gasteiger partial charge in [0.25, 0.3) is 5.91 Å². The molecule has 1 aromatic heterocycles. The van der Waals surface area contributed by atoms with E-state index in [2.05, 4.69) is 10.4 Å². The van der Waals surface area contributed by atoms with Gasteiger partial charge in [-0.15, -0.1) is 0 Å². The molecule has 23 heavy (non-hydrogen) atoms. The summed E-state index contributed by atoms with van der Waals surface area (Å²) in [5.41, 5.74) is 1.34. The number of aryl methyl sites for hydroxylation is 1. The Labute approximate surface area is 139 Å². The number of hydrogen-bond donors (Lipinski definition) is 1. The summed E-state index contributed by atoms with van der Waals surface area (Å²) in [7, 11) is 0. The third-order valence-electron chi connectivity index (χ3n) is 3.12. The lowest BCUT2D eigenvalue weighted by molar-refractivity contribution is -0.124. The Morgan fingerprint density at radius 3 is 2.65 bits per heavy atom. The third kappa shape index (κ3) is 4.10. The number of nitrogens with one attached hydrogen (secondary N) is 1. The molecule has 2 aromatic rings. The molecule has 0 bridgehead atoms. The van der Waals surface area contributed by atoms with E-state index < -0.39 is 5.97 Å². The first-order valence-corrected chi connectivity index (χ1v) is 7.66. The monoisotopic (exact) mass is 335 g/mol. The van der Waals surface area contributed by atoms with Gasteiger partial charge in [-0.25, -0.2) is 9.48 Å². The van der Waals surface area contributed by atoms with Crippen LogP contribution in [0.15, 0.2) is 30.3 Å². The molecule has 1 amide bonds. The number of carbonyl (C=O) groups excluding carboxylic acids is 2. The zero-order valence-electron chi connectivity index (χ0n) is 13.0. The molecule has 6 nitrogen and oxygen atoms in total. The van der Waals surface area contributed by atoms with Gasteiger partial charge in [0.05, 0.1) is 11.4 Å². The number of rotatable bonds is 6. The standard InChI is InChI=1S/C16H18ClN3O3/c1-3-9-18-13(21)10-23-16(22)14-11(2)19-20(15(14)17)12-7-5-4-6-8-12/h4-8H,3,9-10H2,1-2H3,(H,18,21). The minimum atomic E-state index is -0.665. The lowest BCUT2D eigenvalue weighted by atomic mass is 10.2. The summed E-state index contributed by atoms with van der Waals surface area (Å²) in [5, 5.41) is 7.05. The van der Waals surface area contributed by atoms with E-state index in [4.69, 9.17) is 16.3 Å². The second kappa shape index (κ2) is 7.78. The van der Waals surface area contributed by atoms with Gasteiger partial charge in [-0.1, -0.05) is 36.7 Å². The fraction of sp³-hybridized carbons (Fsp3) is 0.312. The van der Waals surface area contributed by atoms with E-state index in [1.807, 2.05) is 37.3 Å². The highest BCUT2D eigenvalue weighted by Crippen LogP contribution is 2.24. The maximum Gasteiger partial charge on any atom is 0.343 e. The van der Waals surface area contributed by atoms with Crippen LogP contribution in [0.4, 0.5) is 0 Å². The van der Waals surface area contributed by atoms with E-state index in [0.29, 0.717) is 12.2 Å². The summed E-state index contributed by atoms with van der Waals surface area (Å²) in [4.78, 5) is 23.7. The Morgan fingerprint density at radius 1 is 1.30 bits per heavy atom. The van der Waals surface area contributed by atoms with Crippen LogP contribution in [-0.2, 0) is 9.53 Å². The van der Waals surface area contributed by atoms with E-state index in [9.17, 15) is 9.59 Å². The van der Waals surface area contributed by atoms with Crippen LogP contribution in [0, 0.1) is 6.92 Å². The smallest absolute Gasteiger partial charge is 0.343 e. The van der Waals surface area contributed by atoms with E-state index in [-0.39, 0.29) is 23.2 Å². The van der Waals surface area contributed by atoms with Crippen molar-refractivity contribution in [1.82, 2.24) is 15.1 Å². The zero-order chi connectivity index (χ0) is 16.8. The second-order valence-corrected chi connectivity index (χ2v) is 5.28. The molecule has 0 aliphatic heterocycles. The quantitative estimate of drug-likeness (QED) is 0.823. The molecular weight excluding hydrogens is 318 g/mol. The van der Waals surface area contributed by atoms with Gasteiger partial charge in [-0.05, 0) is 25.5 Å². The summed E-state index contributed by atoms with van der Waals surface area (Å²) in [6.07, 6.45) is 0.814. The van der Waals surface area contributed by atoms with Gasteiger partial charge in [0.15, 0.2) is 6.61 Å². The summed E-state index contributed by atoms with van der Waals surface area (Å²) in [6, 6.07) is 9.21. The highest BCUT2D eigenvalue weighted by molar-refractivity contribution is 6.33. The fourth-order valence-corrected chi connectivity index (χ4v) is 2.34. The molecule has 7 heteroatoms. The van der Waals surface area contributed by atoms with Crippen molar-refractivity contribution < 1.29 is 14.3 Å². The molecule has 0 aliphatic carbocycles. The Morgan fingerprint density at radius 2 is 2.00 bits per heavy atom. The first kappa shape index (κ1) is 17.0. The van der Waals surface area contributed by atoms with Crippen LogP contribution in [0.3, 0.4) is 0 Å². The molecule has 1 heterocycles. The molecule has 0 saturated carbocycles. The van der Waals surface area contributed by atoms with Crippen molar-refractivity contribution >= 4 is 23.5 Å². The minimum Gasteiger partial charge on any atom is -0.452 e. The molecule has 0 fully saturated rings. The fourth-order valence-electron chi connectivity index (χ4n) is 1.99. The lowest BCUT2D eigenvalue weighted by Crippen LogP contribution is -2.29. The maximum absolute atomic E-state index is 12.2. The van der Waals surface area contributed by atoms with Gasteiger partial charge in [-0.3, -0.25) is 4.79 Å². The topological polar surface area (TPSA) is 73.2 Å². The lowest BCUT2D eigenvalue weighted by Gasteiger charge is -2.06. The van der Waals surface area contributed by atoms with Crippen molar-refractivity contribution in [2.75, 3.05) is 13.2 Å². The van der Waals surface area contributed by atoms with Crippen LogP contribution in [0.1, 0.15) is 29.4 Å². The molecule has 0 atom stereocenters. The molecule has 1 N–H and O–H groups in total. The van der Waals surface area contributed by atoms with Crippen molar-refractivity contribution in [3.05, 3.63) is 46.7 Å². The highest BCUT2D eigenvalue weighted by Gasteiger charge is 2.23. The van der Waals surface area contributed by atoms with Gasteiger partial charge in [0.2, 0.25) is 0 Å². The number of aromatic nitrogens is 2. The predicted molar refractivity (Wildman–Crippen MR) is 86.9 cm³/mol. The maximum atomic E-state index is 12.2. The van der Waals surface area contributed by atoms with Crippen LogP contribution < -0.4 is 5.32 Å². The van der Waals surface area contributed by atoms with Gasteiger partial charge in [0.1, 0.15) is 10.7 Å². The van der Waals surface area contributed by atoms with Crippen LogP contribution in [0.25, 0.3) is 5.69 Å². The first-order valence-electron chi connectivity index (χ1n) is 7.29. The Balaban J connectivity index is 2.12. The summed E-state index contributed by atoms with van der Waals surface area (Å²) < 4.78 is 6.47. The number of nitrogens with zero attached hydrogens (tertiary/aromatic N) is 2. The van der Waals surface area contributed by atoms with E-state index in [1.165, 1.54) is 4.68 Å². The largest absolute Gasteiger partial charge is 0.452 e. The molecule has 0 radical (unpaired) electrons. The summed E-state index contributed by atoms with van der Waals surface area (Å²) >= 11 is 6.26. The first-order chi connectivity index (χ1) is 11.0. The number of ether oxygens (including phenoxy) is 1. The van der Waals surface area contributed by atoms with Crippen molar-refractivity contribution in [1.29, 1.82) is 0 Å². The number of carbonyl (C=O) groups is 2. The molecule has 0 aliphatic rings. The Hall–Kier alpha value is -2.34. The van der Waals surface area contributed by atoms with Gasteiger partial charge in [0, 0.05) is 6.54 Å². The van der Waals surface area contributed by atoms with E-state index in [1.54, 1.807) is 6.92 Å². The van der Waals surface area contributed by atoms with Crippen molar-refractivity contribution in [2.24, 2.45) is 0 Å². The molecule has 0 unspecified atom stereocenters. The van der Waals surface area contributed by atoms with Crippen LogP contribution in [0.2, 0.25) is 5.15 Å². The van der Waals surface area contributed by atoms with Crippen molar-refractivity contribution in [3.8, 4) is 5.69 Å². The normalized spacial score (nSPS) is 10.4. The SMILES string of the molecule is CCCNC(=O)COC(=O)c1c(C)nn(-c2ccccc2)c1Cl. The van der Waals surface area contributed by atoms with Gasteiger partial charge >= 0.3 is 5.97 Å². The third-order valence-corrected chi connectivity index (χ3v) is 3.46. The molecule has 122 valence electrons. The van der Waals surface area contributed by atoms with E-state index >= 15 is 0 Å². The Bertz CT molecular complexity index is 698. The average Bonchev–Trinajstić information content (AvgIpc) is 2.86. The van der Waals surface area contributed by atoms with Crippen LogP contribution in [0.5, 0.6) is 0 Å². The van der Waals surface area contributed by atoms with Crippen molar-refractivity contribution in [3.63, 3.8) is 0 Å². The van der Waals surface area contributed by atoms with Crippen molar-refractivity contribution in [2.45, 2.75) is 20.3 Å². The number of halogens is 1. The Kier molecular flexibility index (Phi) is 5.76. The number of esters is 1. The predicted octanol–water partition coefficient (Wildman–Crippen LogP) is 2.52. The second-order valence-electron chi connectivity index (χ2n) is 4.92. The zero-order valence-corrected chi connectivity index (χ0v) is 13.8. The van der Waals surface area contributed by atoms with Gasteiger partial charge < -0.3 is 10.1 Å². The minimum absolute atomic E-state index is 0.160. The number of amides is 1. The number of hydrogen-bond acceptors (Lipinski definition) is 4. The molecule has 0 spiro atoms.